The van der Waals surface area contributed by atoms with Crippen LogP contribution in [0.15, 0.2) is 273 Å². The predicted octanol–water partition coefficient (Wildman–Crippen LogP) is 18.9. The molecule has 338 valence electrons. The Morgan fingerprint density at radius 1 is 0.319 bits per heavy atom. The van der Waals surface area contributed by atoms with Crippen molar-refractivity contribution in [2.75, 3.05) is 9.80 Å². The molecule has 0 saturated heterocycles. The molecule has 0 atom stereocenters. The fourth-order valence-electron chi connectivity index (χ4n) is 11.9. The van der Waals surface area contributed by atoms with Gasteiger partial charge in [0.1, 0.15) is 11.2 Å². The zero-order valence-electron chi connectivity index (χ0n) is 38.9. The van der Waals surface area contributed by atoms with E-state index in [2.05, 4.69) is 265 Å². The molecule has 72 heavy (non-hydrogen) atoms. The van der Waals surface area contributed by atoms with Crippen molar-refractivity contribution in [1.29, 1.82) is 0 Å². The van der Waals surface area contributed by atoms with Crippen LogP contribution in [0.4, 0.5) is 34.1 Å². The van der Waals surface area contributed by atoms with Crippen molar-refractivity contribution in [2.24, 2.45) is 0 Å². The van der Waals surface area contributed by atoms with Crippen LogP contribution >= 0.6 is 11.8 Å². The third-order valence-corrected chi connectivity index (χ3v) is 16.1. The van der Waals surface area contributed by atoms with Gasteiger partial charge in [-0.1, -0.05) is 200 Å². The Balaban J connectivity index is 1.06. The molecule has 0 bridgehead atoms. The molecule has 0 unspecified atom stereocenters. The largest absolute Gasteiger partial charge is 0.454 e. The first-order valence-corrected chi connectivity index (χ1v) is 25.3. The third kappa shape index (κ3) is 5.95. The normalized spacial score (nSPS) is 13.1. The Labute approximate surface area is 420 Å². The van der Waals surface area contributed by atoms with E-state index >= 15 is 0 Å². The Kier molecular flexibility index (Phi) is 9.07. The van der Waals surface area contributed by atoms with Crippen LogP contribution in [0.1, 0.15) is 22.3 Å². The molecule has 11 aromatic carbocycles. The van der Waals surface area contributed by atoms with Crippen LogP contribution < -0.4 is 9.80 Å². The molecule has 1 aliphatic heterocycles. The number of hydrogen-bond acceptors (Lipinski definition) is 5. The first-order chi connectivity index (χ1) is 35.7. The number of rotatable bonds is 7. The summed E-state index contributed by atoms with van der Waals surface area (Å²) in [7, 11) is 0. The molecule has 0 amide bonds. The summed E-state index contributed by atoms with van der Waals surface area (Å²) in [5.74, 6) is 0. The highest BCUT2D eigenvalue weighted by Crippen LogP contribution is 2.64. The predicted molar refractivity (Wildman–Crippen MR) is 297 cm³/mol. The molecule has 0 radical (unpaired) electrons. The van der Waals surface area contributed by atoms with Crippen LogP contribution in [-0.4, -0.2) is 0 Å². The van der Waals surface area contributed by atoms with Crippen molar-refractivity contribution >= 4 is 89.8 Å². The molecular weight excluding hydrogens is 897 g/mol. The molecule has 13 aromatic rings. The van der Waals surface area contributed by atoms with Crippen molar-refractivity contribution in [3.05, 3.63) is 277 Å². The number of anilines is 6. The van der Waals surface area contributed by atoms with Gasteiger partial charge >= 0.3 is 0 Å². The fraction of sp³-hybridized carbons (Fsp3) is 0.0149. The van der Waals surface area contributed by atoms with E-state index in [9.17, 15) is 0 Å². The van der Waals surface area contributed by atoms with Gasteiger partial charge in [-0.3, -0.25) is 0 Å². The summed E-state index contributed by atoms with van der Waals surface area (Å²) < 4.78 is 14.1. The number of nitrogens with zero attached hydrogens (tertiary/aromatic N) is 2. The van der Waals surface area contributed by atoms with Crippen molar-refractivity contribution in [1.82, 2.24) is 0 Å². The fourth-order valence-corrected chi connectivity index (χ4v) is 13.2. The Morgan fingerprint density at radius 3 is 1.60 bits per heavy atom. The smallest absolute Gasteiger partial charge is 0.159 e. The average Bonchev–Trinajstić information content (AvgIpc) is 4.11. The van der Waals surface area contributed by atoms with E-state index in [4.69, 9.17) is 8.83 Å². The van der Waals surface area contributed by atoms with Crippen molar-refractivity contribution < 1.29 is 8.83 Å². The van der Waals surface area contributed by atoms with Gasteiger partial charge in [0.25, 0.3) is 0 Å². The third-order valence-electron chi connectivity index (χ3n) is 14.9. The molecule has 3 heterocycles. The van der Waals surface area contributed by atoms with E-state index in [0.29, 0.717) is 0 Å². The van der Waals surface area contributed by atoms with E-state index in [0.717, 1.165) is 89.1 Å². The minimum absolute atomic E-state index is 0.568. The van der Waals surface area contributed by atoms with Crippen LogP contribution in [0.3, 0.4) is 0 Å². The van der Waals surface area contributed by atoms with Gasteiger partial charge in [0.15, 0.2) is 11.2 Å². The van der Waals surface area contributed by atoms with Crippen LogP contribution in [0.5, 0.6) is 0 Å². The number of benzene rings is 11. The molecule has 0 fully saturated rings. The van der Waals surface area contributed by atoms with Gasteiger partial charge in [-0.05, 0) is 111 Å². The molecule has 1 aliphatic carbocycles. The Bertz CT molecular complexity index is 4240. The molecular formula is C67H42N2O2S. The summed E-state index contributed by atoms with van der Waals surface area (Å²) in [6.45, 7) is 0. The van der Waals surface area contributed by atoms with Gasteiger partial charge < -0.3 is 18.6 Å². The minimum Gasteiger partial charge on any atom is -0.454 e. The Morgan fingerprint density at radius 2 is 0.847 bits per heavy atom. The standard InChI is InChI=1S/C67H42N2O2S/c1-3-20-43(21-4-1)44-22-17-25-46(40-44)68(45-23-5-2-6-24-45)60-42-47(41-53-51-29-10-15-38-62(51)71-65(53)60)69(58-35-18-30-52-50-28-9-14-37-61(50)70-64(52)58)59-36-19-34-57-66(59)72-63-39-16-13-33-56(63)67(57)54-31-11-7-26-48(54)49-27-8-12-32-55(49)67/h1-42H. The molecule has 0 saturated carbocycles. The van der Waals surface area contributed by atoms with Crippen molar-refractivity contribution in [2.45, 2.75) is 15.2 Å². The number of fused-ring (bicyclic) bond motifs is 15. The van der Waals surface area contributed by atoms with Crippen LogP contribution in [-0.2, 0) is 5.41 Å². The highest BCUT2D eigenvalue weighted by Gasteiger charge is 2.51. The SMILES string of the molecule is c1ccc(-c2cccc(N(c3ccccc3)c3cc(N(c4cccc5c4Sc4ccccc4C54c5ccccc5-c5ccccc54)c4cccc5c4oc4ccccc45)cc4c3oc3ccccc34)c2)cc1. The maximum Gasteiger partial charge on any atom is 0.159 e. The van der Waals surface area contributed by atoms with E-state index in [-0.39, 0.29) is 0 Å². The van der Waals surface area contributed by atoms with Gasteiger partial charge in [-0.2, -0.15) is 0 Å². The first kappa shape index (κ1) is 40.8. The zero-order chi connectivity index (χ0) is 47.3. The van der Waals surface area contributed by atoms with Crippen molar-refractivity contribution in [3.63, 3.8) is 0 Å². The van der Waals surface area contributed by atoms with Crippen LogP contribution in [0, 0.1) is 0 Å². The molecule has 2 aliphatic rings. The maximum atomic E-state index is 7.06. The van der Waals surface area contributed by atoms with Gasteiger partial charge in [0, 0.05) is 48.4 Å². The molecule has 5 heteroatoms. The van der Waals surface area contributed by atoms with Crippen molar-refractivity contribution in [3.8, 4) is 22.3 Å². The Hall–Kier alpha value is -9.03. The summed E-state index contributed by atoms with van der Waals surface area (Å²) in [4.78, 5) is 7.23. The van der Waals surface area contributed by atoms with Gasteiger partial charge in [0.2, 0.25) is 0 Å². The lowest BCUT2D eigenvalue weighted by molar-refractivity contribution is 0.668. The van der Waals surface area contributed by atoms with Gasteiger partial charge in [-0.15, -0.1) is 0 Å². The second-order valence-electron chi connectivity index (χ2n) is 18.7. The number of para-hydroxylation sites is 4. The lowest BCUT2D eigenvalue weighted by atomic mass is 9.67. The maximum absolute atomic E-state index is 7.06. The topological polar surface area (TPSA) is 32.8 Å². The summed E-state index contributed by atoms with van der Waals surface area (Å²) in [6.07, 6.45) is 0. The van der Waals surface area contributed by atoms with E-state index in [1.165, 1.54) is 43.2 Å². The summed E-state index contributed by atoms with van der Waals surface area (Å²) >= 11 is 1.86. The molecule has 1 spiro atoms. The summed E-state index contributed by atoms with van der Waals surface area (Å²) in [6, 6.07) is 92.1. The first-order valence-electron chi connectivity index (χ1n) is 24.5. The number of hydrogen-bond donors (Lipinski definition) is 0. The minimum atomic E-state index is -0.568. The molecule has 0 N–H and O–H groups in total. The number of furan rings is 2. The molecule has 15 rings (SSSR count). The van der Waals surface area contributed by atoms with Crippen LogP contribution in [0.2, 0.25) is 0 Å². The van der Waals surface area contributed by atoms with E-state index < -0.39 is 5.41 Å². The lowest BCUT2D eigenvalue weighted by Crippen LogP contribution is -2.32. The second-order valence-corrected chi connectivity index (χ2v) is 19.8. The molecule has 4 nitrogen and oxygen atoms in total. The summed E-state index contributed by atoms with van der Waals surface area (Å²) in [5, 5.41) is 4.19. The second kappa shape index (κ2) is 16.0. The van der Waals surface area contributed by atoms with E-state index in [1.54, 1.807) is 0 Å². The van der Waals surface area contributed by atoms with Gasteiger partial charge in [0.05, 0.1) is 22.5 Å². The molecule has 2 aromatic heterocycles. The quantitative estimate of drug-likeness (QED) is 0.159. The summed E-state index contributed by atoms with van der Waals surface area (Å²) in [5.41, 5.74) is 18.6. The monoisotopic (exact) mass is 938 g/mol. The zero-order valence-corrected chi connectivity index (χ0v) is 39.7. The van der Waals surface area contributed by atoms with Gasteiger partial charge in [-0.25, -0.2) is 0 Å². The lowest BCUT2D eigenvalue weighted by Gasteiger charge is -2.41. The highest BCUT2D eigenvalue weighted by atomic mass is 32.2. The highest BCUT2D eigenvalue weighted by molar-refractivity contribution is 7.99. The average molecular weight is 939 g/mol. The van der Waals surface area contributed by atoms with E-state index in [1.807, 2.05) is 11.8 Å². The van der Waals surface area contributed by atoms with Crippen LogP contribution in [0.25, 0.3) is 66.1 Å².